The normalized spacial score (nSPS) is 12.3. The molecule has 0 fully saturated rings. The molecule has 0 saturated carbocycles. The van der Waals surface area contributed by atoms with Gasteiger partial charge in [0.2, 0.25) is 5.91 Å². The van der Waals surface area contributed by atoms with Crippen molar-refractivity contribution in [2.75, 3.05) is 20.3 Å². The van der Waals surface area contributed by atoms with Crippen molar-refractivity contribution < 1.29 is 14.6 Å². The zero-order valence-corrected chi connectivity index (χ0v) is 10.6. The SMILES string of the molecule is COCC(O)CCNCc1cccc(C(N)=O)c1. The zero-order valence-electron chi connectivity index (χ0n) is 10.6. The number of hydrogen-bond acceptors (Lipinski definition) is 4. The quantitative estimate of drug-likeness (QED) is 0.580. The maximum absolute atomic E-state index is 11.0. The third-order valence-electron chi connectivity index (χ3n) is 2.55. The molecular weight excluding hydrogens is 232 g/mol. The van der Waals surface area contributed by atoms with Gasteiger partial charge in [-0.25, -0.2) is 0 Å². The van der Waals surface area contributed by atoms with Crippen LogP contribution < -0.4 is 11.1 Å². The Kier molecular flexibility index (Phi) is 6.35. The van der Waals surface area contributed by atoms with Crippen LogP contribution in [-0.4, -0.2) is 37.4 Å². The van der Waals surface area contributed by atoms with E-state index in [0.29, 0.717) is 31.7 Å². The highest BCUT2D eigenvalue weighted by atomic mass is 16.5. The number of hydrogen-bond donors (Lipinski definition) is 3. The summed E-state index contributed by atoms with van der Waals surface area (Å²) in [6.45, 7) is 1.67. The lowest BCUT2D eigenvalue weighted by molar-refractivity contribution is 0.0594. The molecule has 0 saturated heterocycles. The third kappa shape index (κ3) is 5.27. The minimum absolute atomic E-state index is 0.346. The molecule has 0 aliphatic carbocycles. The van der Waals surface area contributed by atoms with Crippen molar-refractivity contribution >= 4 is 5.91 Å². The number of aliphatic hydroxyl groups is 1. The van der Waals surface area contributed by atoms with E-state index < -0.39 is 12.0 Å². The summed E-state index contributed by atoms with van der Waals surface area (Å²) < 4.78 is 4.83. The maximum atomic E-state index is 11.0. The van der Waals surface area contributed by atoms with Crippen molar-refractivity contribution in [2.24, 2.45) is 5.73 Å². The van der Waals surface area contributed by atoms with Gasteiger partial charge in [0.25, 0.3) is 0 Å². The second-order valence-corrected chi connectivity index (χ2v) is 4.14. The Balaban J connectivity index is 2.31. The number of carbonyl (C=O) groups excluding carboxylic acids is 1. The van der Waals surface area contributed by atoms with Gasteiger partial charge in [-0.05, 0) is 30.7 Å². The summed E-state index contributed by atoms with van der Waals surface area (Å²) in [4.78, 5) is 11.0. The zero-order chi connectivity index (χ0) is 13.4. The van der Waals surface area contributed by atoms with E-state index in [4.69, 9.17) is 10.5 Å². The van der Waals surface area contributed by atoms with Crippen LogP contribution in [0.15, 0.2) is 24.3 Å². The van der Waals surface area contributed by atoms with E-state index in [-0.39, 0.29) is 0 Å². The summed E-state index contributed by atoms with van der Waals surface area (Å²) in [5.41, 5.74) is 6.71. The van der Waals surface area contributed by atoms with Crippen LogP contribution in [0, 0.1) is 0 Å². The largest absolute Gasteiger partial charge is 0.391 e. The Bertz CT molecular complexity index is 382. The number of nitrogens with two attached hydrogens (primary N) is 1. The summed E-state index contributed by atoms with van der Waals surface area (Å²) in [5, 5.41) is 12.6. The van der Waals surface area contributed by atoms with E-state index in [0.717, 1.165) is 5.56 Å². The van der Waals surface area contributed by atoms with Crippen molar-refractivity contribution in [3.05, 3.63) is 35.4 Å². The van der Waals surface area contributed by atoms with Gasteiger partial charge in [0.15, 0.2) is 0 Å². The monoisotopic (exact) mass is 252 g/mol. The number of rotatable bonds is 8. The molecule has 1 amide bonds. The number of primary amides is 1. The average molecular weight is 252 g/mol. The predicted molar refractivity (Wildman–Crippen MR) is 69.2 cm³/mol. The Morgan fingerprint density at radius 1 is 1.56 bits per heavy atom. The molecule has 0 aliphatic rings. The highest BCUT2D eigenvalue weighted by Crippen LogP contribution is 2.04. The molecule has 0 bridgehead atoms. The Morgan fingerprint density at radius 2 is 2.33 bits per heavy atom. The molecule has 4 N–H and O–H groups in total. The lowest BCUT2D eigenvalue weighted by atomic mass is 10.1. The summed E-state index contributed by atoms with van der Waals surface area (Å²) in [5.74, 6) is -0.424. The molecule has 5 heteroatoms. The highest BCUT2D eigenvalue weighted by molar-refractivity contribution is 5.92. The molecule has 0 spiro atoms. The maximum Gasteiger partial charge on any atom is 0.248 e. The molecule has 1 unspecified atom stereocenters. The lowest BCUT2D eigenvalue weighted by Gasteiger charge is -2.10. The molecule has 100 valence electrons. The fraction of sp³-hybridized carbons (Fsp3) is 0.462. The van der Waals surface area contributed by atoms with Gasteiger partial charge in [-0.2, -0.15) is 0 Å². The molecular formula is C13H20N2O3. The second-order valence-electron chi connectivity index (χ2n) is 4.14. The van der Waals surface area contributed by atoms with Crippen LogP contribution >= 0.6 is 0 Å². The summed E-state index contributed by atoms with van der Waals surface area (Å²) >= 11 is 0. The third-order valence-corrected chi connectivity index (χ3v) is 2.55. The van der Waals surface area contributed by atoms with Crippen LogP contribution in [0.1, 0.15) is 22.3 Å². The molecule has 1 atom stereocenters. The summed E-state index contributed by atoms with van der Waals surface area (Å²) in [7, 11) is 1.56. The molecule has 0 aliphatic heterocycles. The topological polar surface area (TPSA) is 84.6 Å². The van der Waals surface area contributed by atoms with Crippen molar-refractivity contribution in [2.45, 2.75) is 19.1 Å². The van der Waals surface area contributed by atoms with E-state index in [1.54, 1.807) is 25.3 Å². The predicted octanol–water partition coefficient (Wildman–Crippen LogP) is 0.272. The fourth-order valence-corrected chi connectivity index (χ4v) is 1.61. The van der Waals surface area contributed by atoms with Crippen LogP contribution in [0.25, 0.3) is 0 Å². The first-order valence-corrected chi connectivity index (χ1v) is 5.90. The van der Waals surface area contributed by atoms with Crippen molar-refractivity contribution in [1.82, 2.24) is 5.32 Å². The molecule has 0 radical (unpaired) electrons. The van der Waals surface area contributed by atoms with E-state index in [1.165, 1.54) is 0 Å². The second kappa shape index (κ2) is 7.81. The molecule has 0 heterocycles. The van der Waals surface area contributed by atoms with Crippen LogP contribution in [0.3, 0.4) is 0 Å². The first-order valence-electron chi connectivity index (χ1n) is 5.90. The van der Waals surface area contributed by atoms with Gasteiger partial charge in [-0.1, -0.05) is 12.1 Å². The number of benzene rings is 1. The van der Waals surface area contributed by atoms with Gasteiger partial charge in [-0.15, -0.1) is 0 Å². The molecule has 1 aromatic carbocycles. The minimum atomic E-state index is -0.445. The number of ether oxygens (including phenoxy) is 1. The van der Waals surface area contributed by atoms with Gasteiger partial charge in [0, 0.05) is 19.2 Å². The molecule has 1 rings (SSSR count). The Labute approximate surface area is 107 Å². The van der Waals surface area contributed by atoms with Crippen molar-refractivity contribution in [3.63, 3.8) is 0 Å². The smallest absolute Gasteiger partial charge is 0.248 e. The number of aliphatic hydroxyl groups excluding tert-OH is 1. The van der Waals surface area contributed by atoms with Gasteiger partial charge in [0.1, 0.15) is 0 Å². The number of amides is 1. The Hall–Kier alpha value is -1.43. The van der Waals surface area contributed by atoms with E-state index >= 15 is 0 Å². The summed E-state index contributed by atoms with van der Waals surface area (Å²) in [6.07, 6.45) is 0.183. The average Bonchev–Trinajstić information content (AvgIpc) is 2.35. The first-order chi connectivity index (χ1) is 8.63. The fourth-order valence-electron chi connectivity index (χ4n) is 1.61. The summed E-state index contributed by atoms with van der Waals surface area (Å²) in [6, 6.07) is 7.18. The van der Waals surface area contributed by atoms with Crippen LogP contribution in [0.2, 0.25) is 0 Å². The first kappa shape index (κ1) is 14.6. The highest BCUT2D eigenvalue weighted by Gasteiger charge is 2.03. The van der Waals surface area contributed by atoms with Gasteiger partial charge < -0.3 is 20.9 Å². The van der Waals surface area contributed by atoms with Crippen molar-refractivity contribution in [3.8, 4) is 0 Å². The van der Waals surface area contributed by atoms with E-state index in [9.17, 15) is 9.90 Å². The van der Waals surface area contributed by atoms with Crippen molar-refractivity contribution in [1.29, 1.82) is 0 Å². The number of carbonyl (C=O) groups is 1. The lowest BCUT2D eigenvalue weighted by Crippen LogP contribution is -2.23. The van der Waals surface area contributed by atoms with Crippen LogP contribution in [-0.2, 0) is 11.3 Å². The number of methoxy groups -OCH3 is 1. The van der Waals surface area contributed by atoms with Gasteiger partial charge in [0.05, 0.1) is 12.7 Å². The minimum Gasteiger partial charge on any atom is -0.391 e. The van der Waals surface area contributed by atoms with Gasteiger partial charge >= 0.3 is 0 Å². The number of nitrogens with one attached hydrogen (secondary N) is 1. The van der Waals surface area contributed by atoms with Crippen LogP contribution in [0.4, 0.5) is 0 Å². The molecule has 18 heavy (non-hydrogen) atoms. The standard InChI is InChI=1S/C13H20N2O3/c1-18-9-12(16)5-6-15-8-10-3-2-4-11(7-10)13(14)17/h2-4,7,12,15-16H,5-6,8-9H2,1H3,(H2,14,17). The molecule has 1 aromatic rings. The van der Waals surface area contributed by atoms with E-state index in [1.807, 2.05) is 6.07 Å². The molecule has 0 aromatic heterocycles. The van der Waals surface area contributed by atoms with E-state index in [2.05, 4.69) is 5.32 Å². The Morgan fingerprint density at radius 3 is 3.00 bits per heavy atom. The molecule has 5 nitrogen and oxygen atoms in total. The van der Waals surface area contributed by atoms with Crippen LogP contribution in [0.5, 0.6) is 0 Å². The van der Waals surface area contributed by atoms with Gasteiger partial charge in [-0.3, -0.25) is 4.79 Å².